The summed E-state index contributed by atoms with van der Waals surface area (Å²) in [7, 11) is 1.61. The fourth-order valence-corrected chi connectivity index (χ4v) is 3.55. The molecular formula is C23H18N2O4. The van der Waals surface area contributed by atoms with Gasteiger partial charge in [0, 0.05) is 17.9 Å². The smallest absolute Gasteiger partial charge is 0.277 e. The van der Waals surface area contributed by atoms with Gasteiger partial charge in [0.15, 0.2) is 5.76 Å². The topological polar surface area (TPSA) is 64.3 Å². The van der Waals surface area contributed by atoms with Crippen LogP contribution in [0.5, 0.6) is 5.75 Å². The van der Waals surface area contributed by atoms with Gasteiger partial charge in [0.2, 0.25) is 12.1 Å². The molecule has 0 saturated carbocycles. The number of hydrogen-bond acceptors (Lipinski definition) is 5. The van der Waals surface area contributed by atoms with E-state index >= 15 is 0 Å². The summed E-state index contributed by atoms with van der Waals surface area (Å²) in [4.78, 5) is 12.2. The standard InChI is InChI=1S/C23H18N2O4/c1-14(26)25-23(16-7-10-17(27-2)11-8-16)29-22(24-25)21-13-19-18-6-4-3-5-15(18)9-12-20(19)28-21/h3-13,23H,1-2H3. The third-order valence-electron chi connectivity index (χ3n) is 5.00. The number of furan rings is 1. The van der Waals surface area contributed by atoms with Crippen molar-refractivity contribution in [1.82, 2.24) is 5.01 Å². The van der Waals surface area contributed by atoms with E-state index in [0.29, 0.717) is 5.76 Å². The number of carbonyl (C=O) groups excluding carboxylic acids is 1. The minimum atomic E-state index is -0.654. The molecular weight excluding hydrogens is 368 g/mol. The second-order valence-electron chi connectivity index (χ2n) is 6.82. The molecule has 0 N–H and O–H groups in total. The Labute approximate surface area is 166 Å². The molecule has 1 aromatic heterocycles. The molecule has 1 aliphatic rings. The molecule has 2 heterocycles. The third-order valence-corrected chi connectivity index (χ3v) is 5.00. The average molecular weight is 386 g/mol. The van der Waals surface area contributed by atoms with Crippen molar-refractivity contribution in [3.63, 3.8) is 0 Å². The molecule has 6 heteroatoms. The zero-order chi connectivity index (χ0) is 20.0. The fourth-order valence-electron chi connectivity index (χ4n) is 3.55. The van der Waals surface area contributed by atoms with Crippen LogP contribution >= 0.6 is 0 Å². The van der Waals surface area contributed by atoms with Crippen LogP contribution in [0, 0.1) is 0 Å². The summed E-state index contributed by atoms with van der Waals surface area (Å²) in [5.74, 6) is 1.27. The van der Waals surface area contributed by atoms with Crippen LogP contribution in [0.25, 0.3) is 21.7 Å². The summed E-state index contributed by atoms with van der Waals surface area (Å²) in [5.41, 5.74) is 1.54. The van der Waals surface area contributed by atoms with Crippen LogP contribution < -0.4 is 4.74 Å². The fraction of sp³-hybridized carbons (Fsp3) is 0.130. The lowest BCUT2D eigenvalue weighted by atomic mass is 10.1. The van der Waals surface area contributed by atoms with Crippen molar-refractivity contribution in [2.75, 3.05) is 7.11 Å². The van der Waals surface area contributed by atoms with E-state index in [4.69, 9.17) is 13.9 Å². The third kappa shape index (κ3) is 2.89. The van der Waals surface area contributed by atoms with Gasteiger partial charge < -0.3 is 13.9 Å². The Kier molecular flexibility index (Phi) is 3.98. The van der Waals surface area contributed by atoms with Crippen molar-refractivity contribution in [3.05, 3.63) is 78.1 Å². The highest BCUT2D eigenvalue weighted by molar-refractivity contribution is 6.08. The number of methoxy groups -OCH3 is 1. The van der Waals surface area contributed by atoms with Gasteiger partial charge >= 0.3 is 0 Å². The molecule has 1 amide bonds. The molecule has 0 spiro atoms. The molecule has 144 valence electrons. The summed E-state index contributed by atoms with van der Waals surface area (Å²) in [5, 5.41) is 8.91. The van der Waals surface area contributed by atoms with Crippen molar-refractivity contribution in [2.24, 2.45) is 5.10 Å². The lowest BCUT2D eigenvalue weighted by Crippen LogP contribution is -2.25. The first-order valence-corrected chi connectivity index (χ1v) is 9.25. The van der Waals surface area contributed by atoms with Gasteiger partial charge in [0.25, 0.3) is 5.90 Å². The molecule has 0 fully saturated rings. The summed E-state index contributed by atoms with van der Waals surface area (Å²) in [6.07, 6.45) is -0.654. The van der Waals surface area contributed by atoms with E-state index in [-0.39, 0.29) is 11.8 Å². The molecule has 1 aliphatic heterocycles. The maximum absolute atomic E-state index is 12.2. The molecule has 5 rings (SSSR count). The SMILES string of the molecule is COc1ccc(C2OC(c3cc4c(ccc5ccccc54)o3)=NN2C(C)=O)cc1. The summed E-state index contributed by atoms with van der Waals surface area (Å²) in [6.45, 7) is 1.46. The lowest BCUT2D eigenvalue weighted by molar-refractivity contribution is -0.135. The predicted molar refractivity (Wildman–Crippen MR) is 110 cm³/mol. The number of carbonyl (C=O) groups is 1. The molecule has 6 nitrogen and oxygen atoms in total. The van der Waals surface area contributed by atoms with Crippen molar-refractivity contribution in [1.29, 1.82) is 0 Å². The molecule has 0 radical (unpaired) electrons. The highest BCUT2D eigenvalue weighted by Crippen LogP contribution is 2.34. The van der Waals surface area contributed by atoms with Gasteiger partial charge in [-0.1, -0.05) is 30.3 Å². The number of fused-ring (bicyclic) bond motifs is 3. The Hall–Kier alpha value is -3.80. The van der Waals surface area contributed by atoms with E-state index in [0.717, 1.165) is 33.1 Å². The number of hydrogen-bond donors (Lipinski definition) is 0. The summed E-state index contributed by atoms with van der Waals surface area (Å²) >= 11 is 0. The Morgan fingerprint density at radius 2 is 1.83 bits per heavy atom. The molecule has 1 atom stereocenters. The van der Waals surface area contributed by atoms with E-state index in [1.807, 2.05) is 54.6 Å². The van der Waals surface area contributed by atoms with Gasteiger partial charge in [-0.15, -0.1) is 5.10 Å². The predicted octanol–water partition coefficient (Wildman–Crippen LogP) is 4.83. The second-order valence-corrected chi connectivity index (χ2v) is 6.82. The molecule has 3 aromatic carbocycles. The number of hydrazone groups is 1. The molecule has 29 heavy (non-hydrogen) atoms. The van der Waals surface area contributed by atoms with Gasteiger partial charge in [-0.25, -0.2) is 0 Å². The van der Waals surface area contributed by atoms with Gasteiger partial charge in [-0.05, 0) is 47.2 Å². The lowest BCUT2D eigenvalue weighted by Gasteiger charge is -2.19. The highest BCUT2D eigenvalue weighted by atomic mass is 16.5. The van der Waals surface area contributed by atoms with Crippen LogP contribution in [0.3, 0.4) is 0 Å². The normalized spacial score (nSPS) is 16.1. The van der Waals surface area contributed by atoms with E-state index in [2.05, 4.69) is 17.2 Å². The monoisotopic (exact) mass is 386 g/mol. The largest absolute Gasteiger partial charge is 0.497 e. The molecule has 4 aromatic rings. The minimum absolute atomic E-state index is 0.220. The molecule has 0 aliphatic carbocycles. The van der Waals surface area contributed by atoms with E-state index < -0.39 is 6.23 Å². The van der Waals surface area contributed by atoms with Crippen molar-refractivity contribution in [2.45, 2.75) is 13.2 Å². The molecule has 1 unspecified atom stereocenters. The molecule has 0 bridgehead atoms. The van der Waals surface area contributed by atoms with Crippen LogP contribution in [0.1, 0.15) is 24.5 Å². The zero-order valence-electron chi connectivity index (χ0n) is 16.0. The Bertz CT molecular complexity index is 1260. The van der Waals surface area contributed by atoms with E-state index in [1.165, 1.54) is 11.9 Å². The van der Waals surface area contributed by atoms with Gasteiger partial charge in [-0.2, -0.15) is 5.01 Å². The Morgan fingerprint density at radius 1 is 1.03 bits per heavy atom. The number of nitrogens with zero attached hydrogens (tertiary/aromatic N) is 2. The Morgan fingerprint density at radius 3 is 2.59 bits per heavy atom. The van der Waals surface area contributed by atoms with Gasteiger partial charge in [0.1, 0.15) is 11.3 Å². The highest BCUT2D eigenvalue weighted by Gasteiger charge is 2.34. The zero-order valence-corrected chi connectivity index (χ0v) is 16.0. The maximum Gasteiger partial charge on any atom is 0.277 e. The molecule has 0 saturated heterocycles. The van der Waals surface area contributed by atoms with E-state index in [1.54, 1.807) is 7.11 Å². The average Bonchev–Trinajstić information content (AvgIpc) is 3.38. The minimum Gasteiger partial charge on any atom is -0.497 e. The van der Waals surface area contributed by atoms with Crippen LogP contribution in [0.15, 0.2) is 76.2 Å². The first-order chi connectivity index (χ1) is 14.1. The quantitative estimate of drug-likeness (QED) is 0.506. The van der Waals surface area contributed by atoms with Crippen LogP contribution in [0.4, 0.5) is 0 Å². The second kappa shape index (κ2) is 6.67. The van der Waals surface area contributed by atoms with E-state index in [9.17, 15) is 4.79 Å². The maximum atomic E-state index is 12.2. The number of amides is 1. The number of ether oxygens (including phenoxy) is 2. The van der Waals surface area contributed by atoms with Crippen LogP contribution in [0.2, 0.25) is 0 Å². The van der Waals surface area contributed by atoms with Crippen molar-refractivity contribution in [3.8, 4) is 5.75 Å². The van der Waals surface area contributed by atoms with Crippen LogP contribution in [-0.2, 0) is 9.53 Å². The Balaban J connectivity index is 1.54. The van der Waals surface area contributed by atoms with Gasteiger partial charge in [0.05, 0.1) is 7.11 Å². The number of rotatable bonds is 3. The summed E-state index contributed by atoms with van der Waals surface area (Å²) < 4.78 is 17.2. The number of benzene rings is 3. The van der Waals surface area contributed by atoms with Gasteiger partial charge in [-0.3, -0.25) is 4.79 Å². The first kappa shape index (κ1) is 17.3. The first-order valence-electron chi connectivity index (χ1n) is 9.25. The van der Waals surface area contributed by atoms with Crippen molar-refractivity contribution >= 4 is 33.5 Å². The summed E-state index contributed by atoms with van der Waals surface area (Å²) in [6, 6.07) is 21.3. The van der Waals surface area contributed by atoms with Crippen molar-refractivity contribution < 1.29 is 18.7 Å². The van der Waals surface area contributed by atoms with Crippen LogP contribution in [-0.4, -0.2) is 23.9 Å².